The van der Waals surface area contributed by atoms with Crippen LogP contribution in [0.5, 0.6) is 0 Å². The van der Waals surface area contributed by atoms with Gasteiger partial charge >= 0.3 is 0 Å². The lowest BCUT2D eigenvalue weighted by molar-refractivity contribution is 1.06. The first-order valence-corrected chi connectivity index (χ1v) is 5.62. The fraction of sp³-hybridized carbons (Fsp3) is 0.300. The van der Waals surface area contributed by atoms with Crippen LogP contribution in [0.2, 0.25) is 5.02 Å². The van der Waals surface area contributed by atoms with E-state index in [0.29, 0.717) is 16.9 Å². The Hall–Kier alpha value is -0.540. The van der Waals surface area contributed by atoms with Gasteiger partial charge in [-0.2, -0.15) is 0 Å². The summed E-state index contributed by atoms with van der Waals surface area (Å²) in [4.78, 5) is 4.36. The second-order valence-corrected chi connectivity index (χ2v) is 4.64. The zero-order chi connectivity index (χ0) is 10.1. The minimum absolute atomic E-state index is 0.449. The summed E-state index contributed by atoms with van der Waals surface area (Å²) in [6.07, 6.45) is 2.32. The van der Waals surface area contributed by atoms with Crippen LogP contribution in [0, 0.1) is 0 Å². The molecule has 1 fully saturated rings. The Morgan fingerprint density at radius 3 is 2.79 bits per heavy atom. The SMILES string of the molecule is NC(=NC1CC1)c1ccc(Cl)c(Br)c1. The summed E-state index contributed by atoms with van der Waals surface area (Å²) in [5.74, 6) is 0.602. The van der Waals surface area contributed by atoms with Gasteiger partial charge < -0.3 is 5.73 Å². The van der Waals surface area contributed by atoms with Gasteiger partial charge in [0.2, 0.25) is 0 Å². The minimum atomic E-state index is 0.449. The number of hydrogen-bond acceptors (Lipinski definition) is 1. The van der Waals surface area contributed by atoms with E-state index in [0.717, 1.165) is 22.9 Å². The maximum absolute atomic E-state index is 5.88. The van der Waals surface area contributed by atoms with Crippen molar-refractivity contribution in [3.05, 3.63) is 33.3 Å². The van der Waals surface area contributed by atoms with Crippen molar-refractivity contribution in [3.8, 4) is 0 Å². The molecule has 0 aliphatic heterocycles. The Bertz CT molecular complexity index is 386. The summed E-state index contributed by atoms with van der Waals surface area (Å²) in [7, 11) is 0. The van der Waals surface area contributed by atoms with Gasteiger partial charge in [-0.15, -0.1) is 0 Å². The quantitative estimate of drug-likeness (QED) is 0.653. The van der Waals surface area contributed by atoms with Crippen molar-refractivity contribution in [3.63, 3.8) is 0 Å². The number of hydrogen-bond donors (Lipinski definition) is 1. The number of rotatable bonds is 2. The van der Waals surface area contributed by atoms with Crippen LogP contribution >= 0.6 is 27.5 Å². The number of nitrogens with two attached hydrogens (primary N) is 1. The summed E-state index contributed by atoms with van der Waals surface area (Å²) >= 11 is 9.23. The molecule has 1 aromatic carbocycles. The van der Waals surface area contributed by atoms with Crippen LogP contribution in [0.3, 0.4) is 0 Å². The number of amidine groups is 1. The summed E-state index contributed by atoms with van der Waals surface area (Å²) in [5.41, 5.74) is 6.77. The van der Waals surface area contributed by atoms with Crippen molar-refractivity contribution in [2.75, 3.05) is 0 Å². The topological polar surface area (TPSA) is 38.4 Å². The van der Waals surface area contributed by atoms with Crippen LogP contribution in [0.25, 0.3) is 0 Å². The molecular formula is C10H10BrClN2. The molecule has 0 amide bonds. The Kier molecular flexibility index (Phi) is 2.79. The number of benzene rings is 1. The first-order valence-electron chi connectivity index (χ1n) is 4.45. The van der Waals surface area contributed by atoms with Crippen LogP contribution in [-0.2, 0) is 0 Å². The fourth-order valence-electron chi connectivity index (χ4n) is 1.13. The molecule has 2 nitrogen and oxygen atoms in total. The van der Waals surface area contributed by atoms with Crippen molar-refractivity contribution in [1.82, 2.24) is 0 Å². The Labute approximate surface area is 96.3 Å². The van der Waals surface area contributed by atoms with Gasteiger partial charge in [0.15, 0.2) is 0 Å². The highest BCUT2D eigenvalue weighted by Gasteiger charge is 2.20. The predicted molar refractivity (Wildman–Crippen MR) is 62.9 cm³/mol. The normalized spacial score (nSPS) is 17.1. The fourth-order valence-corrected chi connectivity index (χ4v) is 1.63. The Morgan fingerprint density at radius 1 is 1.50 bits per heavy atom. The molecule has 0 bridgehead atoms. The van der Waals surface area contributed by atoms with Gasteiger partial charge in [-0.1, -0.05) is 11.6 Å². The smallest absolute Gasteiger partial charge is 0.125 e. The molecule has 1 aliphatic carbocycles. The second-order valence-electron chi connectivity index (χ2n) is 3.37. The van der Waals surface area contributed by atoms with Crippen molar-refractivity contribution < 1.29 is 0 Å². The van der Waals surface area contributed by atoms with Gasteiger partial charge in [-0.25, -0.2) is 0 Å². The van der Waals surface area contributed by atoms with Gasteiger partial charge in [-0.3, -0.25) is 4.99 Å². The summed E-state index contributed by atoms with van der Waals surface area (Å²) < 4.78 is 0.852. The summed E-state index contributed by atoms with van der Waals surface area (Å²) in [6.45, 7) is 0. The molecule has 2 N–H and O–H groups in total. The van der Waals surface area contributed by atoms with Crippen LogP contribution in [0.15, 0.2) is 27.7 Å². The van der Waals surface area contributed by atoms with Crippen molar-refractivity contribution in [2.45, 2.75) is 18.9 Å². The van der Waals surface area contributed by atoms with E-state index in [9.17, 15) is 0 Å². The summed E-state index contributed by atoms with van der Waals surface area (Å²) in [6, 6.07) is 6.04. The molecule has 0 spiro atoms. The van der Waals surface area contributed by atoms with Crippen LogP contribution in [-0.4, -0.2) is 11.9 Å². The van der Waals surface area contributed by atoms with Crippen molar-refractivity contribution in [2.24, 2.45) is 10.7 Å². The third-order valence-electron chi connectivity index (χ3n) is 2.08. The van der Waals surface area contributed by atoms with Crippen molar-refractivity contribution in [1.29, 1.82) is 0 Å². The molecule has 0 heterocycles. The molecule has 0 unspecified atom stereocenters. The molecule has 1 aliphatic rings. The molecule has 0 saturated heterocycles. The van der Waals surface area contributed by atoms with Gasteiger partial charge in [-0.05, 0) is 47.0 Å². The highest BCUT2D eigenvalue weighted by atomic mass is 79.9. The van der Waals surface area contributed by atoms with E-state index in [4.69, 9.17) is 17.3 Å². The maximum atomic E-state index is 5.88. The Balaban J connectivity index is 2.27. The number of nitrogens with zero attached hydrogens (tertiary/aromatic N) is 1. The van der Waals surface area contributed by atoms with Gasteiger partial charge in [0.1, 0.15) is 5.84 Å². The number of halogens is 2. The second kappa shape index (κ2) is 3.91. The molecule has 0 radical (unpaired) electrons. The molecule has 14 heavy (non-hydrogen) atoms. The lowest BCUT2D eigenvalue weighted by atomic mass is 10.2. The molecule has 0 atom stereocenters. The Morgan fingerprint density at radius 2 is 2.21 bits per heavy atom. The monoisotopic (exact) mass is 272 g/mol. The molecule has 1 saturated carbocycles. The van der Waals surface area contributed by atoms with E-state index >= 15 is 0 Å². The maximum Gasteiger partial charge on any atom is 0.125 e. The zero-order valence-electron chi connectivity index (χ0n) is 7.50. The standard InChI is InChI=1S/C10H10BrClN2/c11-8-5-6(1-4-9(8)12)10(13)14-7-2-3-7/h1,4-5,7H,2-3H2,(H2,13,14). The third kappa shape index (κ3) is 2.28. The van der Waals surface area contributed by atoms with E-state index in [1.54, 1.807) is 0 Å². The highest BCUT2D eigenvalue weighted by molar-refractivity contribution is 9.10. The zero-order valence-corrected chi connectivity index (χ0v) is 9.85. The largest absolute Gasteiger partial charge is 0.383 e. The van der Waals surface area contributed by atoms with Gasteiger partial charge in [0, 0.05) is 10.0 Å². The molecule has 0 aromatic heterocycles. The highest BCUT2D eigenvalue weighted by Crippen LogP contribution is 2.26. The van der Waals surface area contributed by atoms with Gasteiger partial charge in [0.25, 0.3) is 0 Å². The lowest BCUT2D eigenvalue weighted by Gasteiger charge is -2.02. The average molecular weight is 274 g/mol. The van der Waals surface area contributed by atoms with Crippen LogP contribution < -0.4 is 5.73 Å². The summed E-state index contributed by atoms with van der Waals surface area (Å²) in [5, 5.41) is 0.688. The van der Waals surface area contributed by atoms with E-state index in [1.165, 1.54) is 0 Å². The molecular weight excluding hydrogens is 263 g/mol. The van der Waals surface area contributed by atoms with E-state index in [1.807, 2.05) is 18.2 Å². The van der Waals surface area contributed by atoms with Crippen molar-refractivity contribution >= 4 is 33.4 Å². The first-order chi connectivity index (χ1) is 6.66. The van der Waals surface area contributed by atoms with E-state index in [2.05, 4.69) is 20.9 Å². The number of aliphatic imine (C=N–C) groups is 1. The minimum Gasteiger partial charge on any atom is -0.383 e. The average Bonchev–Trinajstić information content (AvgIpc) is 2.93. The van der Waals surface area contributed by atoms with Gasteiger partial charge in [0.05, 0.1) is 11.1 Å². The van der Waals surface area contributed by atoms with E-state index < -0.39 is 0 Å². The van der Waals surface area contributed by atoms with E-state index in [-0.39, 0.29) is 0 Å². The lowest BCUT2D eigenvalue weighted by Crippen LogP contribution is -2.14. The van der Waals surface area contributed by atoms with Crippen LogP contribution in [0.4, 0.5) is 0 Å². The molecule has 2 rings (SSSR count). The molecule has 1 aromatic rings. The molecule has 74 valence electrons. The predicted octanol–water partition coefficient (Wildman–Crippen LogP) is 2.97. The van der Waals surface area contributed by atoms with Crippen LogP contribution in [0.1, 0.15) is 18.4 Å². The molecule has 4 heteroatoms. The first kappa shape index (κ1) is 9.99. The third-order valence-corrected chi connectivity index (χ3v) is 3.30.